The molecular formula is C22H14F3N3O3S. The van der Waals surface area contributed by atoms with E-state index >= 15 is 0 Å². The van der Waals surface area contributed by atoms with Gasteiger partial charge in [-0.3, -0.25) is 4.79 Å². The smallest absolute Gasteiger partial charge is 0.434 e. The van der Waals surface area contributed by atoms with Gasteiger partial charge in [0.25, 0.3) is 0 Å². The van der Waals surface area contributed by atoms with Crippen LogP contribution in [0.15, 0.2) is 66.0 Å². The lowest BCUT2D eigenvalue weighted by Gasteiger charge is -2.09. The third-order valence-corrected chi connectivity index (χ3v) is 5.08. The molecule has 0 N–H and O–H groups in total. The molecule has 2 heterocycles. The van der Waals surface area contributed by atoms with Gasteiger partial charge in [0.15, 0.2) is 16.5 Å². The van der Waals surface area contributed by atoms with Crippen molar-refractivity contribution in [3.63, 3.8) is 0 Å². The SMILES string of the molecule is COc1ccc(C(=O)c2cc(Oc3ccccc3)nc(-c3nc(C(F)(F)F)cs3)n2)cc1. The number of hydrogen-bond donors (Lipinski definition) is 0. The van der Waals surface area contributed by atoms with Crippen molar-refractivity contribution in [2.45, 2.75) is 6.18 Å². The Bertz CT molecular complexity index is 1240. The van der Waals surface area contributed by atoms with Gasteiger partial charge in [-0.15, -0.1) is 11.3 Å². The Morgan fingerprint density at radius 3 is 2.28 bits per heavy atom. The molecule has 0 radical (unpaired) electrons. The van der Waals surface area contributed by atoms with Gasteiger partial charge in [0.05, 0.1) is 7.11 Å². The second-order valence-corrected chi connectivity index (χ2v) is 7.28. The van der Waals surface area contributed by atoms with E-state index in [9.17, 15) is 18.0 Å². The van der Waals surface area contributed by atoms with Crippen LogP contribution < -0.4 is 9.47 Å². The van der Waals surface area contributed by atoms with Gasteiger partial charge in [-0.1, -0.05) is 18.2 Å². The summed E-state index contributed by atoms with van der Waals surface area (Å²) in [5.74, 6) is 0.412. The van der Waals surface area contributed by atoms with E-state index in [4.69, 9.17) is 9.47 Å². The van der Waals surface area contributed by atoms with Crippen molar-refractivity contribution in [3.8, 4) is 28.2 Å². The van der Waals surface area contributed by atoms with Crippen molar-refractivity contribution >= 4 is 17.1 Å². The average Bonchev–Trinajstić information content (AvgIpc) is 3.30. The Morgan fingerprint density at radius 2 is 1.66 bits per heavy atom. The first-order valence-electron chi connectivity index (χ1n) is 9.17. The number of rotatable bonds is 6. The molecule has 0 bridgehead atoms. The molecule has 0 amide bonds. The van der Waals surface area contributed by atoms with Crippen LogP contribution in [0.25, 0.3) is 10.8 Å². The van der Waals surface area contributed by atoms with Gasteiger partial charge in [0.1, 0.15) is 17.2 Å². The summed E-state index contributed by atoms with van der Waals surface area (Å²) in [5.41, 5.74) is -0.787. The van der Waals surface area contributed by atoms with Crippen molar-refractivity contribution < 1.29 is 27.4 Å². The molecule has 6 nitrogen and oxygen atoms in total. The Kier molecular flexibility index (Phi) is 5.87. The highest BCUT2D eigenvalue weighted by atomic mass is 32.1. The van der Waals surface area contributed by atoms with Crippen LogP contribution in [0.2, 0.25) is 0 Å². The lowest BCUT2D eigenvalue weighted by Crippen LogP contribution is -2.08. The third kappa shape index (κ3) is 4.75. The fraction of sp³-hybridized carbons (Fsp3) is 0.0909. The van der Waals surface area contributed by atoms with Crippen LogP contribution >= 0.6 is 11.3 Å². The van der Waals surface area contributed by atoms with Crippen LogP contribution in [0, 0.1) is 0 Å². The number of ether oxygens (including phenoxy) is 2. The first-order valence-corrected chi connectivity index (χ1v) is 10.1. The number of benzene rings is 2. The van der Waals surface area contributed by atoms with Gasteiger partial charge >= 0.3 is 6.18 Å². The molecular weight excluding hydrogens is 443 g/mol. The second-order valence-electron chi connectivity index (χ2n) is 6.42. The number of para-hydroxylation sites is 1. The minimum atomic E-state index is -4.60. The molecule has 32 heavy (non-hydrogen) atoms. The van der Waals surface area contributed by atoms with Gasteiger partial charge in [-0.2, -0.15) is 18.2 Å². The molecule has 162 valence electrons. The summed E-state index contributed by atoms with van der Waals surface area (Å²) in [5, 5.41) is 0.786. The summed E-state index contributed by atoms with van der Waals surface area (Å²) in [6.45, 7) is 0. The lowest BCUT2D eigenvalue weighted by molar-refractivity contribution is -0.140. The first kappa shape index (κ1) is 21.4. The highest BCUT2D eigenvalue weighted by Crippen LogP contribution is 2.33. The van der Waals surface area contributed by atoms with Gasteiger partial charge in [0, 0.05) is 17.0 Å². The summed E-state index contributed by atoms with van der Waals surface area (Å²) in [4.78, 5) is 24.9. The van der Waals surface area contributed by atoms with E-state index in [0.717, 1.165) is 16.7 Å². The number of carbonyl (C=O) groups is 1. The molecule has 0 aliphatic rings. The topological polar surface area (TPSA) is 74.2 Å². The molecule has 2 aromatic heterocycles. The summed E-state index contributed by atoms with van der Waals surface area (Å²) in [7, 11) is 1.50. The van der Waals surface area contributed by atoms with Gasteiger partial charge in [0.2, 0.25) is 11.7 Å². The predicted molar refractivity (Wildman–Crippen MR) is 111 cm³/mol. The third-order valence-electron chi connectivity index (χ3n) is 4.24. The van der Waals surface area contributed by atoms with Crippen LogP contribution in [-0.2, 0) is 6.18 Å². The molecule has 0 aliphatic heterocycles. The zero-order chi connectivity index (χ0) is 22.7. The summed E-state index contributed by atoms with van der Waals surface area (Å²) < 4.78 is 49.8. The average molecular weight is 457 g/mol. The van der Waals surface area contributed by atoms with E-state index in [-0.39, 0.29) is 22.4 Å². The molecule has 4 rings (SSSR count). The number of ketones is 1. The maximum atomic E-state index is 13.0. The molecule has 2 aromatic carbocycles. The van der Waals surface area contributed by atoms with E-state index in [2.05, 4.69) is 15.0 Å². The number of nitrogens with zero attached hydrogens (tertiary/aromatic N) is 3. The number of carbonyl (C=O) groups excluding carboxylic acids is 1. The zero-order valence-electron chi connectivity index (χ0n) is 16.5. The van der Waals surface area contributed by atoms with Crippen LogP contribution in [0.5, 0.6) is 17.4 Å². The molecule has 10 heteroatoms. The lowest BCUT2D eigenvalue weighted by atomic mass is 10.1. The van der Waals surface area contributed by atoms with Crippen LogP contribution in [0.1, 0.15) is 21.7 Å². The van der Waals surface area contributed by atoms with Crippen molar-refractivity contribution in [1.82, 2.24) is 15.0 Å². The minimum Gasteiger partial charge on any atom is -0.497 e. The second kappa shape index (κ2) is 8.75. The van der Waals surface area contributed by atoms with E-state index in [0.29, 0.717) is 17.1 Å². The predicted octanol–water partition coefficient (Wildman–Crippen LogP) is 5.65. The van der Waals surface area contributed by atoms with Crippen molar-refractivity contribution in [2.75, 3.05) is 7.11 Å². The summed E-state index contributed by atoms with van der Waals surface area (Å²) in [6.07, 6.45) is -4.60. The monoisotopic (exact) mass is 457 g/mol. The van der Waals surface area contributed by atoms with Gasteiger partial charge < -0.3 is 9.47 Å². The number of aromatic nitrogens is 3. The van der Waals surface area contributed by atoms with Crippen molar-refractivity contribution in [1.29, 1.82) is 0 Å². The molecule has 0 aliphatic carbocycles. The van der Waals surface area contributed by atoms with Crippen LogP contribution in [-0.4, -0.2) is 27.8 Å². The van der Waals surface area contributed by atoms with Crippen LogP contribution in [0.4, 0.5) is 13.2 Å². The molecule has 4 aromatic rings. The number of halogens is 3. The largest absolute Gasteiger partial charge is 0.497 e. The van der Waals surface area contributed by atoms with Gasteiger partial charge in [-0.25, -0.2) is 9.97 Å². The van der Waals surface area contributed by atoms with E-state index in [1.165, 1.54) is 13.2 Å². The number of alkyl halides is 3. The highest BCUT2D eigenvalue weighted by molar-refractivity contribution is 7.13. The molecule has 0 saturated heterocycles. The number of methoxy groups -OCH3 is 1. The summed E-state index contributed by atoms with van der Waals surface area (Å²) >= 11 is 0.726. The molecule has 0 fully saturated rings. The van der Waals surface area contributed by atoms with Crippen molar-refractivity contribution in [2.24, 2.45) is 0 Å². The maximum absolute atomic E-state index is 13.0. The fourth-order valence-corrected chi connectivity index (χ4v) is 3.45. The Balaban J connectivity index is 1.76. The Labute approximate surface area is 184 Å². The molecule has 0 spiro atoms. The maximum Gasteiger partial charge on any atom is 0.434 e. The Hall–Kier alpha value is -3.79. The van der Waals surface area contributed by atoms with E-state index < -0.39 is 17.7 Å². The minimum absolute atomic E-state index is 0.00169. The van der Waals surface area contributed by atoms with E-state index in [1.807, 2.05) is 0 Å². The van der Waals surface area contributed by atoms with E-state index in [1.54, 1.807) is 54.6 Å². The molecule has 0 unspecified atom stereocenters. The molecule has 0 saturated carbocycles. The Morgan fingerprint density at radius 1 is 0.938 bits per heavy atom. The quantitative estimate of drug-likeness (QED) is 0.348. The van der Waals surface area contributed by atoms with Crippen molar-refractivity contribution in [3.05, 3.63) is 83.0 Å². The standard InChI is InChI=1S/C22H14F3N3O3S/c1-30-14-9-7-13(8-10-14)19(29)16-11-18(31-15-5-3-2-4-6-15)28-20(26-16)21-27-17(12-32-21)22(23,24)25/h2-12H,1H3. The number of thiazole rings is 1. The van der Waals surface area contributed by atoms with Crippen LogP contribution in [0.3, 0.4) is 0 Å². The van der Waals surface area contributed by atoms with Gasteiger partial charge in [-0.05, 0) is 36.4 Å². The highest BCUT2D eigenvalue weighted by Gasteiger charge is 2.34. The fourth-order valence-electron chi connectivity index (χ4n) is 2.70. The summed E-state index contributed by atoms with van der Waals surface area (Å²) in [6, 6.07) is 16.3. The zero-order valence-corrected chi connectivity index (χ0v) is 17.3. The number of hydrogen-bond acceptors (Lipinski definition) is 7. The normalized spacial score (nSPS) is 11.2. The molecule has 0 atom stereocenters. The first-order chi connectivity index (χ1) is 15.3.